The molecule has 0 spiro atoms. The molecule has 1 heterocycles. The zero-order valence-corrected chi connectivity index (χ0v) is 16.5. The van der Waals surface area contributed by atoms with Crippen LogP contribution in [-0.4, -0.2) is 23.7 Å². The van der Waals surface area contributed by atoms with E-state index in [0.29, 0.717) is 35.6 Å². The molecule has 0 unspecified atom stereocenters. The normalized spacial score (nSPS) is 12.0. The second kappa shape index (κ2) is 8.20. The third-order valence-electron chi connectivity index (χ3n) is 3.62. The van der Waals surface area contributed by atoms with Gasteiger partial charge in [-0.15, -0.1) is 0 Å². The Morgan fingerprint density at radius 2 is 2.08 bits per heavy atom. The van der Waals surface area contributed by atoms with Gasteiger partial charge in [-0.05, 0) is 53.8 Å². The Morgan fingerprint density at radius 3 is 2.84 bits per heavy atom. The number of thiazole rings is 1. The maximum absolute atomic E-state index is 14.3. The molecule has 0 saturated carbocycles. The van der Waals surface area contributed by atoms with Gasteiger partial charge in [-0.25, -0.2) is 4.39 Å². The van der Waals surface area contributed by atoms with Crippen LogP contribution >= 0.6 is 33.9 Å². The van der Waals surface area contributed by atoms with E-state index in [1.165, 1.54) is 17.4 Å². The van der Waals surface area contributed by atoms with E-state index < -0.39 is 0 Å². The van der Waals surface area contributed by atoms with E-state index in [-0.39, 0.29) is 11.7 Å². The summed E-state index contributed by atoms with van der Waals surface area (Å²) >= 11 is 3.41. The fourth-order valence-electron chi connectivity index (χ4n) is 2.46. The lowest BCUT2D eigenvalue weighted by molar-refractivity contribution is 0.0995. The number of amides is 1. The highest BCUT2D eigenvalue weighted by molar-refractivity contribution is 14.1. The fraction of sp³-hybridized carbons (Fsp3) is 0.222. The first-order valence-corrected chi connectivity index (χ1v) is 9.70. The largest absolute Gasteiger partial charge is 0.380 e. The molecule has 0 saturated heterocycles. The number of ether oxygens (including phenoxy) is 1. The zero-order chi connectivity index (χ0) is 17.8. The van der Waals surface area contributed by atoms with Crippen LogP contribution < -0.4 is 4.80 Å². The molecule has 7 heteroatoms. The van der Waals surface area contributed by atoms with Crippen molar-refractivity contribution in [2.75, 3.05) is 13.2 Å². The van der Waals surface area contributed by atoms with Crippen LogP contribution in [-0.2, 0) is 11.3 Å². The van der Waals surface area contributed by atoms with E-state index in [4.69, 9.17) is 4.74 Å². The molecule has 0 radical (unpaired) electrons. The quantitative estimate of drug-likeness (QED) is 0.414. The molecule has 0 aliphatic carbocycles. The molecule has 0 fully saturated rings. The van der Waals surface area contributed by atoms with Crippen LogP contribution in [0.3, 0.4) is 0 Å². The molecule has 1 amide bonds. The first kappa shape index (κ1) is 18.2. The molecule has 3 rings (SSSR count). The van der Waals surface area contributed by atoms with Gasteiger partial charge >= 0.3 is 0 Å². The van der Waals surface area contributed by atoms with Gasteiger partial charge in [-0.1, -0.05) is 29.5 Å². The van der Waals surface area contributed by atoms with Gasteiger partial charge in [0.25, 0.3) is 5.91 Å². The van der Waals surface area contributed by atoms with Gasteiger partial charge in [0.05, 0.1) is 22.4 Å². The van der Waals surface area contributed by atoms with Crippen molar-refractivity contribution in [1.82, 2.24) is 4.57 Å². The van der Waals surface area contributed by atoms with Crippen LogP contribution in [0.4, 0.5) is 4.39 Å². The molecule has 25 heavy (non-hydrogen) atoms. The number of nitrogens with zero attached hydrogens (tertiary/aromatic N) is 2. The summed E-state index contributed by atoms with van der Waals surface area (Å²) in [6.07, 6.45) is 0. The van der Waals surface area contributed by atoms with Crippen molar-refractivity contribution in [2.24, 2.45) is 4.99 Å². The minimum absolute atomic E-state index is 0.326. The summed E-state index contributed by atoms with van der Waals surface area (Å²) in [4.78, 5) is 17.3. The number of hydrogen-bond donors (Lipinski definition) is 0. The lowest BCUT2D eigenvalue weighted by Crippen LogP contribution is -2.20. The number of hydrogen-bond acceptors (Lipinski definition) is 3. The number of para-hydroxylation sites is 1. The van der Waals surface area contributed by atoms with Gasteiger partial charge < -0.3 is 9.30 Å². The Hall–Kier alpha value is -1.58. The van der Waals surface area contributed by atoms with Crippen LogP contribution in [0, 0.1) is 9.39 Å². The molecule has 2 aromatic carbocycles. The molecule has 4 nitrogen and oxygen atoms in total. The number of carbonyl (C=O) groups is 1. The van der Waals surface area contributed by atoms with Crippen molar-refractivity contribution < 1.29 is 13.9 Å². The van der Waals surface area contributed by atoms with Crippen molar-refractivity contribution >= 4 is 50.1 Å². The van der Waals surface area contributed by atoms with E-state index in [0.717, 1.165) is 8.27 Å². The summed E-state index contributed by atoms with van der Waals surface area (Å²) in [6, 6.07) is 12.2. The Morgan fingerprint density at radius 1 is 1.28 bits per heavy atom. The molecular weight excluding hydrogens is 454 g/mol. The molecule has 0 bridgehead atoms. The molecule has 0 aliphatic rings. The summed E-state index contributed by atoms with van der Waals surface area (Å²) in [7, 11) is 0. The van der Waals surface area contributed by atoms with Gasteiger partial charge in [0, 0.05) is 16.7 Å². The van der Waals surface area contributed by atoms with Gasteiger partial charge in [0.2, 0.25) is 0 Å². The molecule has 3 aromatic rings. The van der Waals surface area contributed by atoms with Gasteiger partial charge in [0.1, 0.15) is 5.82 Å². The van der Waals surface area contributed by atoms with Crippen LogP contribution in [0.1, 0.15) is 17.3 Å². The summed E-state index contributed by atoms with van der Waals surface area (Å²) in [5.41, 5.74) is 0.999. The van der Waals surface area contributed by atoms with Crippen LogP contribution in [0.5, 0.6) is 0 Å². The Bertz CT molecular complexity index is 981. The number of rotatable bonds is 5. The third kappa shape index (κ3) is 3.99. The predicted octanol–water partition coefficient (Wildman–Crippen LogP) is 4.22. The van der Waals surface area contributed by atoms with E-state index in [9.17, 15) is 9.18 Å². The molecule has 1 aromatic heterocycles. The van der Waals surface area contributed by atoms with Crippen molar-refractivity contribution in [1.29, 1.82) is 0 Å². The lowest BCUT2D eigenvalue weighted by Gasteiger charge is -2.06. The first-order valence-electron chi connectivity index (χ1n) is 7.81. The fourth-order valence-corrected chi connectivity index (χ4v) is 4.15. The number of benzene rings is 2. The van der Waals surface area contributed by atoms with Crippen molar-refractivity contribution in [2.45, 2.75) is 13.5 Å². The summed E-state index contributed by atoms with van der Waals surface area (Å²) < 4.78 is 23.0. The Labute approximate surface area is 162 Å². The van der Waals surface area contributed by atoms with Crippen LogP contribution in [0.25, 0.3) is 10.2 Å². The van der Waals surface area contributed by atoms with Gasteiger partial charge in [-0.2, -0.15) is 4.99 Å². The Balaban J connectivity index is 2.11. The number of aromatic nitrogens is 1. The predicted molar refractivity (Wildman–Crippen MR) is 105 cm³/mol. The molecular formula is C18H16FIN2O2S. The second-order valence-corrected chi connectivity index (χ2v) is 7.39. The molecule has 0 N–H and O–H groups in total. The van der Waals surface area contributed by atoms with Gasteiger partial charge in [-0.3, -0.25) is 4.79 Å². The molecule has 0 aliphatic heterocycles. The van der Waals surface area contributed by atoms with Gasteiger partial charge in [0.15, 0.2) is 4.80 Å². The second-order valence-electron chi connectivity index (χ2n) is 5.22. The highest BCUT2D eigenvalue weighted by atomic mass is 127. The minimum Gasteiger partial charge on any atom is -0.380 e. The van der Waals surface area contributed by atoms with E-state index in [2.05, 4.69) is 27.6 Å². The topological polar surface area (TPSA) is 43.6 Å². The van der Waals surface area contributed by atoms with Crippen molar-refractivity contribution in [3.63, 3.8) is 0 Å². The first-order chi connectivity index (χ1) is 12.1. The lowest BCUT2D eigenvalue weighted by atomic mass is 10.2. The monoisotopic (exact) mass is 470 g/mol. The number of carbonyl (C=O) groups excluding carboxylic acids is 1. The smallest absolute Gasteiger partial charge is 0.280 e. The minimum atomic E-state index is -0.331. The van der Waals surface area contributed by atoms with Crippen LogP contribution in [0.15, 0.2) is 47.5 Å². The highest BCUT2D eigenvalue weighted by Gasteiger charge is 2.13. The highest BCUT2D eigenvalue weighted by Crippen LogP contribution is 2.21. The molecule has 130 valence electrons. The van der Waals surface area contributed by atoms with Crippen molar-refractivity contribution in [3.05, 3.63) is 62.2 Å². The summed E-state index contributed by atoms with van der Waals surface area (Å²) in [6.45, 7) is 3.36. The van der Waals surface area contributed by atoms with E-state index in [1.807, 2.05) is 25.1 Å². The summed E-state index contributed by atoms with van der Waals surface area (Å²) in [5.74, 6) is -0.657. The number of halogens is 2. The van der Waals surface area contributed by atoms with E-state index in [1.54, 1.807) is 22.8 Å². The average Bonchev–Trinajstić information content (AvgIpc) is 2.94. The van der Waals surface area contributed by atoms with Crippen LogP contribution in [0.2, 0.25) is 0 Å². The standard InChI is InChI=1S/C18H16FIN2O2S/c1-2-24-11-10-22-16-13(19)7-5-9-15(16)25-18(22)21-17(23)12-6-3-4-8-14(12)20/h3-9H,2,10-11H2,1H3. The maximum atomic E-state index is 14.3. The zero-order valence-electron chi connectivity index (χ0n) is 13.5. The average molecular weight is 470 g/mol. The van der Waals surface area contributed by atoms with E-state index >= 15 is 0 Å². The Kier molecular flexibility index (Phi) is 5.98. The molecule has 0 atom stereocenters. The summed E-state index contributed by atoms with van der Waals surface area (Å²) in [5, 5.41) is 0. The van der Waals surface area contributed by atoms with Crippen molar-refractivity contribution in [3.8, 4) is 0 Å². The third-order valence-corrected chi connectivity index (χ3v) is 5.60. The number of fused-ring (bicyclic) bond motifs is 1. The SMILES string of the molecule is CCOCCn1c(=NC(=O)c2ccccc2I)sc2cccc(F)c21. The maximum Gasteiger partial charge on any atom is 0.280 e.